The zero-order valence-electron chi connectivity index (χ0n) is 27.4. The molecular weight excluding hydrogens is 671 g/mol. The van der Waals surface area contributed by atoms with Crippen LogP contribution < -0.4 is 0 Å². The summed E-state index contributed by atoms with van der Waals surface area (Å²) in [5.74, 6) is -1.31. The fourth-order valence-electron chi connectivity index (χ4n) is 8.12. The van der Waals surface area contributed by atoms with Gasteiger partial charge in [0.15, 0.2) is 0 Å². The molecule has 0 heterocycles. The molecule has 6 rings (SSSR count). The van der Waals surface area contributed by atoms with E-state index in [1.165, 1.54) is 61.2 Å². The Hall–Kier alpha value is -1.96. The van der Waals surface area contributed by atoms with Gasteiger partial charge in [0, 0.05) is 0 Å². The van der Waals surface area contributed by atoms with Crippen LogP contribution in [0.2, 0.25) is 13.1 Å². The SMILES string of the molecule is CC1=Cc2c(-c3ccccc3)ccc(C(C)(C)C)c2[CH]1[Zr]([Cl])([Cl])([CH]1C(C(C)C)=Cc2c(-c3ccccc3)cccc21)[SiH](C)C. The molecule has 2 aliphatic carbocycles. The molecule has 0 amide bonds. The third-order valence-electron chi connectivity index (χ3n) is 10.3. The second kappa shape index (κ2) is 11.4. The normalized spacial score (nSPS) is 19.0. The average molecular weight is 716 g/mol. The number of allylic oxidation sites excluding steroid dienone is 2. The van der Waals surface area contributed by atoms with E-state index in [4.69, 9.17) is 17.0 Å². The second-order valence-corrected chi connectivity index (χ2v) is 57.2. The van der Waals surface area contributed by atoms with E-state index in [0.717, 1.165) is 0 Å². The minimum atomic E-state index is -4.88. The van der Waals surface area contributed by atoms with Crippen LogP contribution in [0.5, 0.6) is 0 Å². The molecule has 0 saturated heterocycles. The van der Waals surface area contributed by atoms with E-state index < -0.39 is 21.5 Å². The molecule has 0 fully saturated rings. The molecule has 44 heavy (non-hydrogen) atoms. The monoisotopic (exact) mass is 713 g/mol. The average Bonchev–Trinajstić information content (AvgIpc) is 3.56. The second-order valence-electron chi connectivity index (χ2n) is 14.7. The van der Waals surface area contributed by atoms with Crippen molar-refractivity contribution in [3.05, 3.63) is 130 Å². The van der Waals surface area contributed by atoms with Gasteiger partial charge in [-0.2, -0.15) is 0 Å². The topological polar surface area (TPSA) is 0 Å². The van der Waals surface area contributed by atoms with Gasteiger partial charge in [0.25, 0.3) is 0 Å². The van der Waals surface area contributed by atoms with E-state index in [0.29, 0.717) is 5.92 Å². The van der Waals surface area contributed by atoms with Gasteiger partial charge >= 0.3 is 276 Å². The van der Waals surface area contributed by atoms with Gasteiger partial charge < -0.3 is 0 Å². The predicted molar refractivity (Wildman–Crippen MR) is 195 cm³/mol. The molecule has 4 aromatic carbocycles. The zero-order chi connectivity index (χ0) is 31.6. The molecule has 0 saturated carbocycles. The first-order valence-corrected chi connectivity index (χ1v) is 32.4. The molecule has 0 bridgehead atoms. The summed E-state index contributed by atoms with van der Waals surface area (Å²) in [6, 6.07) is 33.2. The number of fused-ring (bicyclic) bond motifs is 2. The molecular formula is C40H45Cl2SiZr. The number of hydrogen-bond donors (Lipinski definition) is 0. The molecule has 0 radical (unpaired) electrons. The summed E-state index contributed by atoms with van der Waals surface area (Å²) in [4.78, 5) is 0. The van der Waals surface area contributed by atoms with Crippen LogP contribution >= 0.6 is 17.0 Å². The summed E-state index contributed by atoms with van der Waals surface area (Å²) in [6.07, 6.45) is 4.92. The maximum atomic E-state index is 8.71. The minimum absolute atomic E-state index is 0.0454. The molecule has 0 spiro atoms. The third-order valence-corrected chi connectivity index (χ3v) is 62.3. The van der Waals surface area contributed by atoms with Gasteiger partial charge in [0.1, 0.15) is 0 Å². The van der Waals surface area contributed by atoms with Crippen molar-refractivity contribution in [1.29, 1.82) is 0 Å². The van der Waals surface area contributed by atoms with Gasteiger partial charge in [0.2, 0.25) is 0 Å². The summed E-state index contributed by atoms with van der Waals surface area (Å²) in [7, 11) is 17.4. The number of hydrogen-bond acceptors (Lipinski definition) is 0. The first kappa shape index (κ1) is 32.0. The molecule has 2 atom stereocenters. The Bertz CT molecular complexity index is 1790. The Morgan fingerprint density at radius 3 is 1.77 bits per heavy atom. The van der Waals surface area contributed by atoms with Crippen molar-refractivity contribution in [1.82, 2.24) is 0 Å². The van der Waals surface area contributed by atoms with Crippen molar-refractivity contribution < 1.29 is 15.6 Å². The summed E-state index contributed by atoms with van der Waals surface area (Å²) in [5, 5.41) is 0. The zero-order valence-corrected chi connectivity index (χ0v) is 32.5. The number of halogens is 2. The van der Waals surface area contributed by atoms with E-state index in [-0.39, 0.29) is 12.7 Å². The predicted octanol–water partition coefficient (Wildman–Crippen LogP) is 12.6. The molecule has 2 aliphatic rings. The molecule has 2 unspecified atom stereocenters. The summed E-state index contributed by atoms with van der Waals surface area (Å²) in [5.41, 5.74) is 14.6. The quantitative estimate of drug-likeness (QED) is 0.174. The molecule has 4 heteroatoms. The van der Waals surface area contributed by atoms with Crippen LogP contribution in [0.1, 0.15) is 76.6 Å². The van der Waals surface area contributed by atoms with Crippen LogP contribution in [0.15, 0.2) is 102 Å². The van der Waals surface area contributed by atoms with Gasteiger partial charge in [-0.25, -0.2) is 0 Å². The number of rotatable bonds is 6. The van der Waals surface area contributed by atoms with Crippen molar-refractivity contribution in [3.63, 3.8) is 0 Å². The Morgan fingerprint density at radius 2 is 1.25 bits per heavy atom. The van der Waals surface area contributed by atoms with Crippen LogP contribution in [0.3, 0.4) is 0 Å². The van der Waals surface area contributed by atoms with Crippen molar-refractivity contribution in [2.24, 2.45) is 5.92 Å². The van der Waals surface area contributed by atoms with Crippen LogP contribution in [0.25, 0.3) is 34.4 Å². The first-order valence-electron chi connectivity index (χ1n) is 16.1. The fraction of sp³-hybridized carbons (Fsp3) is 0.300. The summed E-state index contributed by atoms with van der Waals surface area (Å²) in [6.45, 7) is 18.9. The van der Waals surface area contributed by atoms with E-state index in [1.54, 1.807) is 0 Å². The molecule has 0 N–H and O–H groups in total. The maximum absolute atomic E-state index is 8.71. The van der Waals surface area contributed by atoms with Crippen molar-refractivity contribution in [2.75, 3.05) is 0 Å². The van der Waals surface area contributed by atoms with Crippen LogP contribution in [0.4, 0.5) is 0 Å². The Labute approximate surface area is 274 Å². The molecule has 4 aromatic rings. The van der Waals surface area contributed by atoms with Gasteiger partial charge in [0.05, 0.1) is 0 Å². The van der Waals surface area contributed by atoms with Crippen molar-refractivity contribution in [2.45, 2.75) is 67.3 Å². The van der Waals surface area contributed by atoms with Gasteiger partial charge in [-0.3, -0.25) is 0 Å². The standard InChI is InChI=1S/C20H21.C18H17.C2H7Si.2ClH.Zr/c1-14-12-17-16(15-8-6-5-7-9-15)10-11-19(18(17)13-14)20(2,3)4;1-13(2)16-11-15-9-6-10-17(18(15)12-16)14-7-4-3-5-8-14;1-3-2;;;/h5-13H,1-4H3;3-13H,1-2H3;3H,1-2H3;2*1H;/q;;;;;+2/p-2. The molecule has 0 aromatic heterocycles. The molecule has 227 valence electrons. The van der Waals surface area contributed by atoms with Crippen LogP contribution in [-0.2, 0) is 21.0 Å². The van der Waals surface area contributed by atoms with Gasteiger partial charge in [-0.15, -0.1) is 0 Å². The van der Waals surface area contributed by atoms with Crippen LogP contribution in [0, 0.1) is 5.92 Å². The summed E-state index contributed by atoms with van der Waals surface area (Å²) < 4.78 is 0.149. The van der Waals surface area contributed by atoms with Crippen LogP contribution in [-0.4, -0.2) is 5.92 Å². The third kappa shape index (κ3) is 4.95. The molecule has 0 aliphatic heterocycles. The van der Waals surface area contributed by atoms with Crippen molar-refractivity contribution in [3.8, 4) is 22.3 Å². The van der Waals surface area contributed by atoms with E-state index in [2.05, 4.69) is 158 Å². The Kier molecular flexibility index (Phi) is 8.28. The van der Waals surface area contributed by atoms with Gasteiger partial charge in [-0.1, -0.05) is 0 Å². The van der Waals surface area contributed by atoms with E-state index >= 15 is 0 Å². The Morgan fingerprint density at radius 1 is 0.682 bits per heavy atom. The van der Waals surface area contributed by atoms with Crippen molar-refractivity contribution >= 4 is 35.1 Å². The number of benzene rings is 4. The Balaban J connectivity index is 1.66. The molecule has 0 nitrogen and oxygen atoms in total. The van der Waals surface area contributed by atoms with E-state index in [1.807, 2.05) is 0 Å². The van der Waals surface area contributed by atoms with Gasteiger partial charge in [-0.05, 0) is 0 Å². The fourth-order valence-corrected chi connectivity index (χ4v) is 40.2. The van der Waals surface area contributed by atoms with E-state index in [9.17, 15) is 0 Å². The first-order chi connectivity index (χ1) is 20.7. The summed E-state index contributed by atoms with van der Waals surface area (Å²) >= 11 is -4.88.